The van der Waals surface area contributed by atoms with Crippen molar-refractivity contribution in [3.05, 3.63) is 30.3 Å². The van der Waals surface area contributed by atoms with Crippen LogP contribution in [0.2, 0.25) is 0 Å². The van der Waals surface area contributed by atoms with Gasteiger partial charge in [-0.3, -0.25) is 0 Å². The van der Waals surface area contributed by atoms with Gasteiger partial charge in [0.15, 0.2) is 0 Å². The van der Waals surface area contributed by atoms with Gasteiger partial charge in [0.05, 0.1) is 6.10 Å². The quantitative estimate of drug-likeness (QED) is 0.765. The summed E-state index contributed by atoms with van der Waals surface area (Å²) in [5.41, 5.74) is 6.87. The molecule has 1 atom stereocenters. The predicted molar refractivity (Wildman–Crippen MR) is 68.8 cm³/mol. The molecule has 0 aliphatic rings. The van der Waals surface area contributed by atoms with Gasteiger partial charge >= 0.3 is 0 Å². The summed E-state index contributed by atoms with van der Waals surface area (Å²) < 4.78 is 5.28. The van der Waals surface area contributed by atoms with E-state index in [9.17, 15) is 0 Å². The van der Waals surface area contributed by atoms with Crippen LogP contribution in [0.4, 0.5) is 5.69 Å². The van der Waals surface area contributed by atoms with Gasteiger partial charge in [-0.2, -0.15) is 0 Å². The summed E-state index contributed by atoms with van der Waals surface area (Å²) >= 11 is 0. The number of benzene rings is 1. The Morgan fingerprint density at radius 2 is 2.00 bits per heavy atom. The number of ether oxygens (including phenoxy) is 1. The maximum Gasteiger partial charge on any atom is 0.0710 e. The van der Waals surface area contributed by atoms with Gasteiger partial charge in [0.2, 0.25) is 0 Å². The second kappa shape index (κ2) is 7.25. The normalized spacial score (nSPS) is 12.4. The highest BCUT2D eigenvalue weighted by molar-refractivity contribution is 5.45. The minimum atomic E-state index is 0.165. The van der Waals surface area contributed by atoms with Crippen molar-refractivity contribution in [2.45, 2.75) is 19.4 Å². The van der Waals surface area contributed by atoms with E-state index in [4.69, 9.17) is 10.5 Å². The first-order valence-electron chi connectivity index (χ1n) is 5.84. The van der Waals surface area contributed by atoms with Crippen LogP contribution in [0.3, 0.4) is 0 Å². The lowest BCUT2D eigenvalue weighted by molar-refractivity contribution is 0.104. The fourth-order valence-corrected chi connectivity index (χ4v) is 1.74. The van der Waals surface area contributed by atoms with Crippen LogP contribution in [0.5, 0.6) is 0 Å². The van der Waals surface area contributed by atoms with Crippen molar-refractivity contribution in [3.63, 3.8) is 0 Å². The average molecular weight is 222 g/mol. The third-order valence-corrected chi connectivity index (χ3v) is 2.82. The molecule has 0 aromatic heterocycles. The molecule has 2 N–H and O–H groups in total. The van der Waals surface area contributed by atoms with Crippen LogP contribution in [-0.2, 0) is 4.74 Å². The molecule has 16 heavy (non-hydrogen) atoms. The molecule has 90 valence electrons. The highest BCUT2D eigenvalue weighted by Gasteiger charge is 2.08. The maximum absolute atomic E-state index is 5.61. The van der Waals surface area contributed by atoms with Crippen LogP contribution < -0.4 is 10.6 Å². The molecule has 0 aliphatic heterocycles. The molecule has 0 amide bonds. The molecular weight excluding hydrogens is 200 g/mol. The van der Waals surface area contributed by atoms with E-state index in [1.807, 2.05) is 6.07 Å². The number of methoxy groups -OCH3 is 1. The molecule has 1 aromatic rings. The molecule has 0 saturated carbocycles. The second-order valence-electron chi connectivity index (χ2n) is 3.80. The number of nitrogens with two attached hydrogens (primary N) is 1. The summed E-state index contributed by atoms with van der Waals surface area (Å²) in [4.78, 5) is 2.34. The van der Waals surface area contributed by atoms with Crippen molar-refractivity contribution < 1.29 is 4.74 Å². The summed E-state index contributed by atoms with van der Waals surface area (Å²) in [7, 11) is 1.72. The Bertz CT molecular complexity index is 273. The van der Waals surface area contributed by atoms with Gasteiger partial charge in [0, 0.05) is 32.4 Å². The van der Waals surface area contributed by atoms with E-state index in [0.29, 0.717) is 6.54 Å². The van der Waals surface area contributed by atoms with E-state index < -0.39 is 0 Å². The third kappa shape index (κ3) is 3.83. The van der Waals surface area contributed by atoms with Crippen molar-refractivity contribution >= 4 is 5.69 Å². The number of rotatable bonds is 7. The average Bonchev–Trinajstić information content (AvgIpc) is 2.36. The lowest BCUT2D eigenvalue weighted by Gasteiger charge is -2.25. The Morgan fingerprint density at radius 1 is 1.31 bits per heavy atom. The Labute approximate surface area is 98.2 Å². The number of nitrogens with zero attached hydrogens (tertiary/aromatic N) is 1. The predicted octanol–water partition coefficient (Wildman–Crippen LogP) is 1.88. The van der Waals surface area contributed by atoms with E-state index >= 15 is 0 Å². The first-order valence-corrected chi connectivity index (χ1v) is 5.84. The molecule has 3 heteroatoms. The zero-order valence-electron chi connectivity index (χ0n) is 10.2. The molecule has 0 heterocycles. The lowest BCUT2D eigenvalue weighted by atomic mass is 10.2. The molecule has 0 radical (unpaired) electrons. The summed E-state index contributed by atoms with van der Waals surface area (Å²) in [6.07, 6.45) is 1.13. The molecule has 0 saturated heterocycles. The topological polar surface area (TPSA) is 38.5 Å². The molecule has 0 aliphatic carbocycles. The summed E-state index contributed by atoms with van der Waals surface area (Å²) in [6.45, 7) is 4.74. The van der Waals surface area contributed by atoms with E-state index in [1.54, 1.807) is 7.11 Å². The van der Waals surface area contributed by atoms with E-state index in [-0.39, 0.29) is 6.10 Å². The van der Waals surface area contributed by atoms with Gasteiger partial charge in [0.1, 0.15) is 0 Å². The molecule has 1 rings (SSSR count). The highest BCUT2D eigenvalue weighted by Crippen LogP contribution is 2.13. The smallest absolute Gasteiger partial charge is 0.0710 e. The zero-order chi connectivity index (χ0) is 11.8. The molecule has 0 fully saturated rings. The summed E-state index contributed by atoms with van der Waals surface area (Å²) in [5.74, 6) is 0. The van der Waals surface area contributed by atoms with Crippen molar-refractivity contribution in [2.75, 3.05) is 31.6 Å². The maximum atomic E-state index is 5.61. The van der Waals surface area contributed by atoms with Gasteiger partial charge < -0.3 is 15.4 Å². The van der Waals surface area contributed by atoms with Crippen LogP contribution >= 0.6 is 0 Å². The van der Waals surface area contributed by atoms with E-state index in [1.165, 1.54) is 5.69 Å². The SMILES string of the molecule is CCN(CCC(CN)OC)c1ccccc1. The van der Waals surface area contributed by atoms with Crippen molar-refractivity contribution in [1.82, 2.24) is 0 Å². The zero-order valence-corrected chi connectivity index (χ0v) is 10.2. The van der Waals surface area contributed by atoms with Crippen molar-refractivity contribution in [3.8, 4) is 0 Å². The summed E-state index contributed by atoms with van der Waals surface area (Å²) in [6, 6.07) is 10.4. The monoisotopic (exact) mass is 222 g/mol. The molecule has 0 bridgehead atoms. The van der Waals surface area contributed by atoms with Crippen LogP contribution in [0.25, 0.3) is 0 Å². The molecule has 1 unspecified atom stereocenters. The van der Waals surface area contributed by atoms with Gasteiger partial charge in [-0.25, -0.2) is 0 Å². The van der Waals surface area contributed by atoms with Crippen LogP contribution in [-0.4, -0.2) is 32.8 Å². The largest absolute Gasteiger partial charge is 0.380 e. The molecule has 0 spiro atoms. The number of anilines is 1. The van der Waals surface area contributed by atoms with Crippen LogP contribution in [0, 0.1) is 0 Å². The van der Waals surface area contributed by atoms with Crippen molar-refractivity contribution in [2.24, 2.45) is 5.73 Å². The fraction of sp³-hybridized carbons (Fsp3) is 0.538. The standard InChI is InChI=1S/C13H22N2O/c1-3-15(10-9-13(11-14)16-2)12-7-5-4-6-8-12/h4-8,13H,3,9-11,14H2,1-2H3. The van der Waals surface area contributed by atoms with E-state index in [0.717, 1.165) is 19.5 Å². The minimum absolute atomic E-state index is 0.165. The van der Waals surface area contributed by atoms with Crippen LogP contribution in [0.1, 0.15) is 13.3 Å². The van der Waals surface area contributed by atoms with Crippen molar-refractivity contribution in [1.29, 1.82) is 0 Å². The molecule has 3 nitrogen and oxygen atoms in total. The van der Waals surface area contributed by atoms with Gasteiger partial charge in [0.25, 0.3) is 0 Å². The molecular formula is C13H22N2O. The summed E-state index contributed by atoms with van der Waals surface area (Å²) in [5, 5.41) is 0. The van der Waals surface area contributed by atoms with Crippen LogP contribution in [0.15, 0.2) is 30.3 Å². The third-order valence-electron chi connectivity index (χ3n) is 2.82. The first kappa shape index (κ1) is 13.0. The Kier molecular flexibility index (Phi) is 5.90. The van der Waals surface area contributed by atoms with E-state index in [2.05, 4.69) is 36.1 Å². The number of hydrogen-bond donors (Lipinski definition) is 1. The molecule has 1 aromatic carbocycles. The van der Waals surface area contributed by atoms with Gasteiger partial charge in [-0.1, -0.05) is 18.2 Å². The lowest BCUT2D eigenvalue weighted by Crippen LogP contribution is -2.31. The highest BCUT2D eigenvalue weighted by atomic mass is 16.5. The number of para-hydroxylation sites is 1. The number of hydrogen-bond acceptors (Lipinski definition) is 3. The Morgan fingerprint density at radius 3 is 2.50 bits per heavy atom. The second-order valence-corrected chi connectivity index (χ2v) is 3.80. The first-order chi connectivity index (χ1) is 7.81. The minimum Gasteiger partial charge on any atom is -0.380 e. The fourth-order valence-electron chi connectivity index (χ4n) is 1.74. The Balaban J connectivity index is 2.50. The van der Waals surface area contributed by atoms with Gasteiger partial charge in [-0.05, 0) is 25.5 Å². The Hall–Kier alpha value is -1.06. The van der Waals surface area contributed by atoms with Gasteiger partial charge in [-0.15, -0.1) is 0 Å².